The predicted molar refractivity (Wildman–Crippen MR) is 65.9 cm³/mol. The largest absolute Gasteiger partial charge is 0.398 e. The number of primary sulfonamides is 1. The van der Waals surface area contributed by atoms with Gasteiger partial charge in [-0.15, -0.1) is 0 Å². The first-order chi connectivity index (χ1) is 7.93. The van der Waals surface area contributed by atoms with Crippen molar-refractivity contribution in [2.45, 2.75) is 36.0 Å². The molecule has 0 spiro atoms. The molecule has 92 valence electrons. The number of nitrogen functional groups attached to an aromatic ring is 1. The fraction of sp³-hybridized carbons (Fsp3) is 0.500. The van der Waals surface area contributed by atoms with Crippen molar-refractivity contribution < 1.29 is 8.42 Å². The maximum atomic E-state index is 11.4. The Bertz CT molecular complexity index is 582. The molecule has 2 aliphatic rings. The van der Waals surface area contributed by atoms with Gasteiger partial charge in [-0.1, -0.05) is 6.42 Å². The highest BCUT2D eigenvalue weighted by Gasteiger charge is 2.58. The Kier molecular flexibility index (Phi) is 2.10. The third-order valence-corrected chi connectivity index (χ3v) is 5.21. The maximum Gasteiger partial charge on any atom is 0.238 e. The zero-order valence-corrected chi connectivity index (χ0v) is 10.3. The molecule has 0 radical (unpaired) electrons. The van der Waals surface area contributed by atoms with E-state index >= 15 is 0 Å². The molecule has 4 N–H and O–H groups in total. The van der Waals surface area contributed by atoms with Crippen molar-refractivity contribution in [3.63, 3.8) is 0 Å². The quantitative estimate of drug-likeness (QED) is 0.779. The van der Waals surface area contributed by atoms with Gasteiger partial charge in [-0.3, -0.25) is 0 Å². The van der Waals surface area contributed by atoms with Crippen LogP contribution < -0.4 is 10.9 Å². The molecule has 2 unspecified atom stereocenters. The van der Waals surface area contributed by atoms with Crippen LogP contribution in [0.15, 0.2) is 23.1 Å². The second-order valence-corrected chi connectivity index (χ2v) is 6.80. The summed E-state index contributed by atoms with van der Waals surface area (Å²) < 4.78 is 22.7. The minimum Gasteiger partial charge on any atom is -0.398 e. The number of fused-ring (bicyclic) bond motifs is 1. The van der Waals surface area contributed by atoms with E-state index in [4.69, 9.17) is 10.9 Å². The number of sulfonamides is 1. The van der Waals surface area contributed by atoms with E-state index in [0.717, 1.165) is 18.4 Å². The van der Waals surface area contributed by atoms with Crippen LogP contribution in [0, 0.1) is 5.92 Å². The van der Waals surface area contributed by atoms with Gasteiger partial charge in [-0.25, -0.2) is 13.6 Å². The summed E-state index contributed by atoms with van der Waals surface area (Å²) in [7, 11) is -3.64. The summed E-state index contributed by atoms with van der Waals surface area (Å²) >= 11 is 0. The maximum absolute atomic E-state index is 11.4. The molecule has 0 bridgehead atoms. The molecule has 17 heavy (non-hydrogen) atoms. The average molecular weight is 252 g/mol. The van der Waals surface area contributed by atoms with Crippen molar-refractivity contribution in [1.82, 2.24) is 0 Å². The van der Waals surface area contributed by atoms with Gasteiger partial charge in [0.15, 0.2) is 0 Å². The van der Waals surface area contributed by atoms with E-state index in [2.05, 4.69) is 0 Å². The summed E-state index contributed by atoms with van der Waals surface area (Å²) in [6.45, 7) is 0. The van der Waals surface area contributed by atoms with Gasteiger partial charge in [0.05, 0.1) is 4.90 Å². The smallest absolute Gasteiger partial charge is 0.238 e. The van der Waals surface area contributed by atoms with Gasteiger partial charge >= 0.3 is 0 Å². The van der Waals surface area contributed by atoms with E-state index in [1.807, 2.05) is 0 Å². The van der Waals surface area contributed by atoms with Gasteiger partial charge in [0.25, 0.3) is 0 Å². The summed E-state index contributed by atoms with van der Waals surface area (Å²) in [5, 5.41) is 5.16. The number of hydrogen-bond donors (Lipinski definition) is 2. The van der Waals surface area contributed by atoms with Crippen LogP contribution >= 0.6 is 0 Å². The highest BCUT2D eigenvalue weighted by molar-refractivity contribution is 7.89. The standard InChI is InChI=1S/C12H16N2O2S/c13-11-4-3-9(17(14,15)16)6-10(11)12-5-1-2-8(12)7-12/h3-4,6,8H,1-2,5,7,13H2,(H2,14,15,16). The number of anilines is 1. The molecule has 2 fully saturated rings. The highest BCUT2D eigenvalue weighted by atomic mass is 32.2. The number of hydrogen-bond acceptors (Lipinski definition) is 3. The molecule has 5 heteroatoms. The molecule has 4 nitrogen and oxygen atoms in total. The lowest BCUT2D eigenvalue weighted by Crippen LogP contribution is -2.15. The van der Waals surface area contributed by atoms with Crippen molar-refractivity contribution in [2.24, 2.45) is 11.1 Å². The Labute approximate surface area is 101 Å². The number of rotatable bonds is 2. The fourth-order valence-corrected chi connectivity index (χ4v) is 3.88. The van der Waals surface area contributed by atoms with E-state index in [0.29, 0.717) is 11.6 Å². The van der Waals surface area contributed by atoms with Crippen molar-refractivity contribution in [1.29, 1.82) is 0 Å². The third-order valence-electron chi connectivity index (χ3n) is 4.30. The second kappa shape index (κ2) is 3.23. The zero-order chi connectivity index (χ0) is 12.3. The van der Waals surface area contributed by atoms with Crippen LogP contribution in [0.2, 0.25) is 0 Å². The van der Waals surface area contributed by atoms with E-state index < -0.39 is 10.0 Å². The molecule has 0 aliphatic heterocycles. The van der Waals surface area contributed by atoms with Crippen LogP contribution in [0.25, 0.3) is 0 Å². The fourth-order valence-electron chi connectivity index (χ4n) is 3.34. The summed E-state index contributed by atoms with van der Waals surface area (Å²) in [6.07, 6.45) is 4.71. The van der Waals surface area contributed by atoms with Crippen LogP contribution in [0.1, 0.15) is 31.2 Å². The summed E-state index contributed by atoms with van der Waals surface area (Å²) in [5.41, 5.74) is 7.83. The molecule has 1 aromatic rings. The first-order valence-electron chi connectivity index (χ1n) is 5.86. The van der Waals surface area contributed by atoms with E-state index in [9.17, 15) is 8.42 Å². The molecule has 0 aromatic heterocycles. The summed E-state index contributed by atoms with van der Waals surface area (Å²) in [4.78, 5) is 0.175. The Morgan fingerprint density at radius 1 is 1.35 bits per heavy atom. The monoisotopic (exact) mass is 252 g/mol. The molecular weight excluding hydrogens is 236 g/mol. The highest BCUT2D eigenvalue weighted by Crippen LogP contribution is 2.65. The molecule has 1 aromatic carbocycles. The molecule has 0 amide bonds. The zero-order valence-electron chi connectivity index (χ0n) is 9.52. The molecule has 0 heterocycles. The summed E-state index contributed by atoms with van der Waals surface area (Å²) in [6, 6.07) is 4.82. The Morgan fingerprint density at radius 2 is 2.12 bits per heavy atom. The predicted octanol–water partition coefficient (Wildman–Crippen LogP) is 1.36. The van der Waals surface area contributed by atoms with Gasteiger partial charge in [0, 0.05) is 11.1 Å². The van der Waals surface area contributed by atoms with Gasteiger partial charge in [-0.05, 0) is 48.9 Å². The Hall–Kier alpha value is -1.07. The topological polar surface area (TPSA) is 86.2 Å². The van der Waals surface area contributed by atoms with Crippen molar-refractivity contribution >= 4 is 15.7 Å². The van der Waals surface area contributed by atoms with Crippen molar-refractivity contribution in [2.75, 3.05) is 5.73 Å². The lowest BCUT2D eigenvalue weighted by molar-refractivity contribution is 0.597. The first kappa shape index (κ1) is 11.0. The second-order valence-electron chi connectivity index (χ2n) is 5.24. The lowest BCUT2D eigenvalue weighted by atomic mass is 9.92. The third kappa shape index (κ3) is 1.57. The van der Waals surface area contributed by atoms with Crippen LogP contribution in [-0.4, -0.2) is 8.42 Å². The SMILES string of the molecule is Nc1ccc(S(N)(=O)=O)cc1C12CCCC1C2. The number of nitrogens with two attached hydrogens (primary N) is 2. The van der Waals surface area contributed by atoms with Gasteiger partial charge in [-0.2, -0.15) is 0 Å². The van der Waals surface area contributed by atoms with Crippen LogP contribution in [0.5, 0.6) is 0 Å². The molecule has 2 aliphatic carbocycles. The van der Waals surface area contributed by atoms with Gasteiger partial charge in [0.2, 0.25) is 10.0 Å². The molecule has 2 saturated carbocycles. The van der Waals surface area contributed by atoms with Crippen molar-refractivity contribution in [3.8, 4) is 0 Å². The molecule has 3 rings (SSSR count). The molecule has 2 atom stereocenters. The summed E-state index contributed by atoms with van der Waals surface area (Å²) in [5.74, 6) is 0.695. The van der Waals surface area contributed by atoms with Gasteiger partial charge < -0.3 is 5.73 Å². The van der Waals surface area contributed by atoms with Crippen LogP contribution in [0.3, 0.4) is 0 Å². The number of benzene rings is 1. The molecular formula is C12H16N2O2S. The van der Waals surface area contributed by atoms with E-state index in [1.165, 1.54) is 18.9 Å². The van der Waals surface area contributed by atoms with Crippen LogP contribution in [-0.2, 0) is 15.4 Å². The molecule has 0 saturated heterocycles. The minimum atomic E-state index is -3.64. The van der Waals surface area contributed by atoms with E-state index in [1.54, 1.807) is 12.1 Å². The van der Waals surface area contributed by atoms with Gasteiger partial charge in [0.1, 0.15) is 0 Å². The lowest BCUT2D eigenvalue weighted by Gasteiger charge is -2.16. The van der Waals surface area contributed by atoms with E-state index in [-0.39, 0.29) is 10.3 Å². The minimum absolute atomic E-state index is 0.158. The van der Waals surface area contributed by atoms with Crippen molar-refractivity contribution in [3.05, 3.63) is 23.8 Å². The Balaban J connectivity index is 2.11. The normalized spacial score (nSPS) is 31.2. The first-order valence-corrected chi connectivity index (χ1v) is 7.41. The van der Waals surface area contributed by atoms with Crippen LogP contribution in [0.4, 0.5) is 5.69 Å². The average Bonchev–Trinajstić information content (AvgIpc) is 2.80. The Morgan fingerprint density at radius 3 is 2.65 bits per heavy atom.